The van der Waals surface area contributed by atoms with Gasteiger partial charge in [0.2, 0.25) is 17.7 Å². The summed E-state index contributed by atoms with van der Waals surface area (Å²) in [6, 6.07) is 18.8. The number of hydrogen-bond donors (Lipinski definition) is 6. The Balaban J connectivity index is 1.54. The molecule has 3 aromatic carbocycles. The standard InChI is InChI=1S/C34H40ClN7O3S/c1-42-29(16-23-20-38-26-12-4-3-10-24(23)26)33(44)40-19-22-9-6-11-25(35)31(22)46-30-14-5-2-8-21(30)18-39-27(13-7-15-36)32(43)41-28(17-37)34(42)45/h2-6,8-12,14,20,27-29,38-39H,7,13,15-19,36-37H2,1H3,(H,40,44)(H,41,43)/t27-,28-,29-/m0/s1. The van der Waals surface area contributed by atoms with Crippen molar-refractivity contribution in [1.29, 1.82) is 0 Å². The first kappa shape index (κ1) is 33.5. The number of carbonyl (C=O) groups is 3. The molecule has 0 bridgehead atoms. The van der Waals surface area contributed by atoms with E-state index in [2.05, 4.69) is 20.9 Å². The maximum absolute atomic E-state index is 14.0. The summed E-state index contributed by atoms with van der Waals surface area (Å²) >= 11 is 8.25. The van der Waals surface area contributed by atoms with Gasteiger partial charge in [-0.3, -0.25) is 14.4 Å². The van der Waals surface area contributed by atoms with Gasteiger partial charge in [-0.05, 0) is 54.3 Å². The van der Waals surface area contributed by atoms with Crippen LogP contribution in [0.4, 0.5) is 0 Å². The molecule has 0 saturated carbocycles. The van der Waals surface area contributed by atoms with Crippen LogP contribution in [0.25, 0.3) is 10.9 Å². The third-order valence-corrected chi connectivity index (χ3v) is 10.0. The Morgan fingerprint density at radius 1 is 0.913 bits per heavy atom. The highest BCUT2D eigenvalue weighted by Gasteiger charge is 2.33. The second-order valence-corrected chi connectivity index (χ2v) is 12.8. The van der Waals surface area contributed by atoms with Gasteiger partial charge in [-0.1, -0.05) is 71.9 Å². The van der Waals surface area contributed by atoms with Crippen molar-refractivity contribution >= 4 is 52.0 Å². The van der Waals surface area contributed by atoms with Crippen LogP contribution in [0.15, 0.2) is 82.7 Å². The van der Waals surface area contributed by atoms with E-state index in [1.54, 1.807) is 7.05 Å². The topological polar surface area (TPSA) is 158 Å². The highest BCUT2D eigenvalue weighted by Crippen LogP contribution is 2.38. The van der Waals surface area contributed by atoms with Gasteiger partial charge in [0.05, 0.1) is 11.1 Å². The van der Waals surface area contributed by atoms with Crippen molar-refractivity contribution in [3.05, 3.63) is 94.6 Å². The minimum atomic E-state index is -1.03. The zero-order valence-corrected chi connectivity index (χ0v) is 27.3. The molecular formula is C34H40ClN7O3S. The van der Waals surface area contributed by atoms with Gasteiger partial charge < -0.3 is 37.3 Å². The normalized spacial score (nSPS) is 20.0. The summed E-state index contributed by atoms with van der Waals surface area (Å²) in [5.41, 5.74) is 15.5. The van der Waals surface area contributed by atoms with Crippen molar-refractivity contribution in [3.8, 4) is 0 Å². The van der Waals surface area contributed by atoms with Crippen LogP contribution in [0, 0.1) is 0 Å². The second-order valence-electron chi connectivity index (χ2n) is 11.3. The van der Waals surface area contributed by atoms with E-state index in [-0.39, 0.29) is 31.3 Å². The van der Waals surface area contributed by atoms with Crippen molar-refractivity contribution in [1.82, 2.24) is 25.8 Å². The highest BCUT2D eigenvalue weighted by molar-refractivity contribution is 7.99. The Morgan fingerprint density at radius 3 is 2.48 bits per heavy atom. The van der Waals surface area contributed by atoms with Gasteiger partial charge in [0.1, 0.15) is 12.1 Å². The predicted molar refractivity (Wildman–Crippen MR) is 182 cm³/mol. The molecule has 12 heteroatoms. The molecule has 0 aliphatic carbocycles. The molecule has 0 fully saturated rings. The molecule has 5 rings (SSSR count). The zero-order chi connectivity index (χ0) is 32.6. The van der Waals surface area contributed by atoms with Crippen molar-refractivity contribution in [2.24, 2.45) is 11.5 Å². The summed E-state index contributed by atoms with van der Waals surface area (Å²) in [6.07, 6.45) is 3.18. The summed E-state index contributed by atoms with van der Waals surface area (Å²) in [5, 5.41) is 10.8. The fraction of sp³-hybridized carbons (Fsp3) is 0.324. The third-order valence-electron chi connectivity index (χ3n) is 8.29. The van der Waals surface area contributed by atoms with Crippen LogP contribution >= 0.6 is 23.4 Å². The molecule has 3 atom stereocenters. The molecule has 1 aliphatic heterocycles. The molecule has 1 aromatic heterocycles. The highest BCUT2D eigenvalue weighted by atomic mass is 35.5. The van der Waals surface area contributed by atoms with Gasteiger partial charge in [-0.15, -0.1) is 0 Å². The third kappa shape index (κ3) is 7.73. The van der Waals surface area contributed by atoms with Crippen molar-refractivity contribution in [3.63, 3.8) is 0 Å². The first-order chi connectivity index (χ1) is 22.3. The molecule has 0 saturated heterocycles. The molecule has 242 valence electrons. The lowest BCUT2D eigenvalue weighted by Crippen LogP contribution is -2.59. The number of hydrogen-bond acceptors (Lipinski definition) is 7. The van der Waals surface area contributed by atoms with E-state index >= 15 is 0 Å². The van der Waals surface area contributed by atoms with E-state index in [4.69, 9.17) is 23.1 Å². The lowest BCUT2D eigenvalue weighted by atomic mass is 10.0. The number of nitrogens with one attached hydrogen (secondary N) is 4. The summed E-state index contributed by atoms with van der Waals surface area (Å²) in [6.45, 7) is 0.883. The number of para-hydroxylation sites is 1. The number of aromatic nitrogens is 1. The van der Waals surface area contributed by atoms with Gasteiger partial charge in [0, 0.05) is 60.0 Å². The van der Waals surface area contributed by atoms with Crippen molar-refractivity contribution in [2.45, 2.75) is 60.3 Å². The summed E-state index contributed by atoms with van der Waals surface area (Å²) in [5.74, 6) is -1.15. The Labute approximate surface area is 278 Å². The Hall–Kier alpha value is -3.87. The second kappa shape index (κ2) is 15.6. The minimum Gasteiger partial charge on any atom is -0.361 e. The number of amides is 3. The molecule has 1 aliphatic rings. The maximum Gasteiger partial charge on any atom is 0.246 e. The first-order valence-electron chi connectivity index (χ1n) is 15.4. The molecule has 0 unspecified atom stereocenters. The monoisotopic (exact) mass is 661 g/mol. The Morgan fingerprint density at radius 2 is 1.67 bits per heavy atom. The van der Waals surface area contributed by atoms with Crippen LogP contribution in [0.5, 0.6) is 0 Å². The lowest BCUT2D eigenvalue weighted by molar-refractivity contribution is -0.141. The van der Waals surface area contributed by atoms with E-state index in [1.165, 1.54) is 16.7 Å². The molecule has 46 heavy (non-hydrogen) atoms. The number of rotatable bonds is 6. The smallest absolute Gasteiger partial charge is 0.246 e. The van der Waals surface area contributed by atoms with E-state index in [0.29, 0.717) is 31.0 Å². The molecule has 10 nitrogen and oxygen atoms in total. The number of nitrogens with zero attached hydrogens (tertiary/aromatic N) is 1. The first-order valence-corrected chi connectivity index (χ1v) is 16.6. The fourth-order valence-corrected chi connectivity index (χ4v) is 7.04. The van der Waals surface area contributed by atoms with Gasteiger partial charge >= 0.3 is 0 Å². The largest absolute Gasteiger partial charge is 0.361 e. The molecule has 8 N–H and O–H groups in total. The van der Waals surface area contributed by atoms with Gasteiger partial charge in [-0.25, -0.2) is 0 Å². The molecule has 4 aromatic rings. The number of fused-ring (bicyclic) bond motifs is 3. The number of H-pyrrole nitrogens is 1. The van der Waals surface area contributed by atoms with Crippen LogP contribution in [-0.2, 0) is 33.9 Å². The number of likely N-dealkylation sites (N-methyl/N-ethyl adjacent to an activating group) is 1. The summed E-state index contributed by atoms with van der Waals surface area (Å²) in [7, 11) is 1.58. The van der Waals surface area contributed by atoms with Crippen LogP contribution < -0.4 is 27.4 Å². The maximum atomic E-state index is 14.0. The average molecular weight is 662 g/mol. The summed E-state index contributed by atoms with van der Waals surface area (Å²) in [4.78, 5) is 48.0. The molecule has 0 spiro atoms. The van der Waals surface area contributed by atoms with E-state index < -0.39 is 24.0 Å². The van der Waals surface area contributed by atoms with Crippen molar-refractivity contribution < 1.29 is 14.4 Å². The van der Waals surface area contributed by atoms with Gasteiger partial charge in [0.15, 0.2) is 0 Å². The number of nitrogens with two attached hydrogens (primary N) is 2. The van der Waals surface area contributed by atoms with E-state index in [0.717, 1.165) is 37.4 Å². The molecular weight excluding hydrogens is 622 g/mol. The fourth-order valence-electron chi connectivity index (χ4n) is 5.66. The number of benzene rings is 3. The van der Waals surface area contributed by atoms with E-state index in [1.807, 2.05) is 72.9 Å². The quantitative estimate of drug-likeness (QED) is 0.185. The SMILES string of the molecule is CN1C(=O)[C@H](CN)NC(=O)[C@H](CCCN)NCc2ccccc2Sc2c(Cl)cccc2CNC(=O)[C@@H]1Cc1c[nH]c2ccccc12. The zero-order valence-electron chi connectivity index (χ0n) is 25.7. The van der Waals surface area contributed by atoms with E-state index in [9.17, 15) is 14.4 Å². The van der Waals surface area contributed by atoms with Gasteiger partial charge in [-0.2, -0.15) is 0 Å². The van der Waals surface area contributed by atoms with Crippen LogP contribution in [0.3, 0.4) is 0 Å². The number of halogens is 1. The van der Waals surface area contributed by atoms with Crippen LogP contribution in [0.1, 0.15) is 29.5 Å². The Kier molecular flexibility index (Phi) is 11.4. The number of aromatic amines is 1. The average Bonchev–Trinajstić information content (AvgIpc) is 3.48. The van der Waals surface area contributed by atoms with Gasteiger partial charge in [0.25, 0.3) is 0 Å². The van der Waals surface area contributed by atoms with Crippen LogP contribution in [0.2, 0.25) is 5.02 Å². The minimum absolute atomic E-state index is 0.134. The molecule has 3 amide bonds. The summed E-state index contributed by atoms with van der Waals surface area (Å²) < 4.78 is 0. The lowest BCUT2D eigenvalue weighted by Gasteiger charge is -2.31. The van der Waals surface area contributed by atoms with Crippen LogP contribution in [-0.4, -0.2) is 65.9 Å². The number of carbonyl (C=O) groups excluding carboxylic acids is 3. The molecule has 2 heterocycles. The predicted octanol–water partition coefficient (Wildman–Crippen LogP) is 3.31. The molecule has 0 radical (unpaired) electrons. The van der Waals surface area contributed by atoms with Crippen molar-refractivity contribution in [2.75, 3.05) is 20.1 Å². The Bertz CT molecular complexity index is 1700.